The van der Waals surface area contributed by atoms with Gasteiger partial charge in [-0.25, -0.2) is 0 Å². The molecule has 0 spiro atoms. The zero-order valence-corrected chi connectivity index (χ0v) is 21.7. The fourth-order valence-corrected chi connectivity index (χ4v) is 4.37. The summed E-state index contributed by atoms with van der Waals surface area (Å²) in [6.45, 7) is 4.67. The molecule has 1 fully saturated rings. The first kappa shape index (κ1) is 25.9. The predicted octanol–water partition coefficient (Wildman–Crippen LogP) is 2.87. The fraction of sp³-hybridized carbons (Fsp3) is 0.357. The second kappa shape index (κ2) is 11.7. The normalized spacial score (nSPS) is 14.0. The zero-order chi connectivity index (χ0) is 25.7. The summed E-state index contributed by atoms with van der Waals surface area (Å²) in [4.78, 5) is 30.9. The number of fused-ring (bicyclic) bond motifs is 1. The molecule has 36 heavy (non-hydrogen) atoms. The Bertz CT molecular complexity index is 1360. The van der Waals surface area contributed by atoms with Crippen LogP contribution >= 0.6 is 11.6 Å². The zero-order valence-electron chi connectivity index (χ0n) is 20.9. The summed E-state index contributed by atoms with van der Waals surface area (Å²) in [6.07, 6.45) is 1.60. The number of pyridine rings is 1. The van der Waals surface area contributed by atoms with Crippen molar-refractivity contribution in [1.82, 2.24) is 19.7 Å². The maximum absolute atomic E-state index is 13.6. The molecule has 0 atom stereocenters. The number of aromatic nitrogens is 1. The highest BCUT2D eigenvalue weighted by Crippen LogP contribution is 2.21. The van der Waals surface area contributed by atoms with E-state index in [0.717, 1.165) is 35.3 Å². The van der Waals surface area contributed by atoms with Crippen molar-refractivity contribution < 1.29 is 9.53 Å². The predicted molar refractivity (Wildman–Crippen MR) is 143 cm³/mol. The molecule has 2 heterocycles. The topological polar surface area (TPSA) is 66.8 Å². The van der Waals surface area contributed by atoms with E-state index >= 15 is 0 Å². The third-order valence-corrected chi connectivity index (χ3v) is 6.33. The van der Waals surface area contributed by atoms with Gasteiger partial charge in [0.15, 0.2) is 0 Å². The molecule has 3 aromatic rings. The average molecular weight is 507 g/mol. The summed E-state index contributed by atoms with van der Waals surface area (Å²) in [6, 6.07) is 11.2. The van der Waals surface area contributed by atoms with E-state index in [1.165, 1.54) is 0 Å². The molecule has 2 aromatic carbocycles. The number of hydrogen-bond donors (Lipinski definition) is 1. The Morgan fingerprint density at radius 2 is 1.86 bits per heavy atom. The Morgan fingerprint density at radius 1 is 1.14 bits per heavy atom. The highest BCUT2D eigenvalue weighted by atomic mass is 35.5. The Hall–Kier alpha value is -3.15. The van der Waals surface area contributed by atoms with Crippen LogP contribution in [0, 0.1) is 11.8 Å². The standard InChI is InChI=1S/C28H31ClN4O3/c1-31(2)10-4-5-22-15-21(18-33-11-13-36-14-12-33)16-24-26(22)32(3)19-25(27(24)34)28(35)30-17-20-6-8-23(29)9-7-20/h6-9,15-16,19H,10-14,17-18H2,1-3H3,(H,30,35). The van der Waals surface area contributed by atoms with E-state index < -0.39 is 5.91 Å². The Kier molecular flexibility index (Phi) is 8.44. The number of benzene rings is 2. The van der Waals surface area contributed by atoms with Crippen molar-refractivity contribution in [2.75, 3.05) is 46.9 Å². The fourth-order valence-electron chi connectivity index (χ4n) is 4.25. The summed E-state index contributed by atoms with van der Waals surface area (Å²) >= 11 is 5.95. The maximum Gasteiger partial charge on any atom is 0.257 e. The second-order valence-electron chi connectivity index (χ2n) is 9.26. The first-order valence-corrected chi connectivity index (χ1v) is 12.3. The molecule has 0 unspecified atom stereocenters. The molecule has 1 aliphatic rings. The van der Waals surface area contributed by atoms with Crippen LogP contribution in [0.4, 0.5) is 0 Å². The van der Waals surface area contributed by atoms with Crippen LogP contribution in [0.5, 0.6) is 0 Å². The third kappa shape index (κ3) is 6.34. The molecule has 1 N–H and O–H groups in total. The average Bonchev–Trinajstić information content (AvgIpc) is 2.86. The first-order valence-electron chi connectivity index (χ1n) is 11.9. The lowest BCUT2D eigenvalue weighted by Crippen LogP contribution is -2.35. The van der Waals surface area contributed by atoms with Crippen LogP contribution in [0.25, 0.3) is 10.9 Å². The Balaban J connectivity index is 1.71. The van der Waals surface area contributed by atoms with Gasteiger partial charge in [-0.1, -0.05) is 35.6 Å². The molecular formula is C28H31ClN4O3. The van der Waals surface area contributed by atoms with Crippen molar-refractivity contribution in [2.45, 2.75) is 13.1 Å². The number of nitrogens with one attached hydrogen (secondary N) is 1. The number of hydrogen-bond acceptors (Lipinski definition) is 5. The number of carbonyl (C=O) groups is 1. The molecule has 1 amide bonds. The largest absolute Gasteiger partial charge is 0.379 e. The van der Waals surface area contributed by atoms with E-state index in [1.54, 1.807) is 18.3 Å². The lowest BCUT2D eigenvalue weighted by Gasteiger charge is -2.26. The van der Waals surface area contributed by atoms with Crippen molar-refractivity contribution in [3.05, 3.63) is 80.1 Å². The Labute approximate surface area is 216 Å². The van der Waals surface area contributed by atoms with Gasteiger partial charge in [-0.15, -0.1) is 0 Å². The third-order valence-electron chi connectivity index (χ3n) is 6.07. The number of ether oxygens (including phenoxy) is 1. The lowest BCUT2D eigenvalue weighted by molar-refractivity contribution is 0.0342. The summed E-state index contributed by atoms with van der Waals surface area (Å²) in [7, 11) is 5.77. The number of carbonyl (C=O) groups excluding carboxylic acids is 1. The summed E-state index contributed by atoms with van der Waals surface area (Å²) in [5.74, 6) is 6.04. The van der Waals surface area contributed by atoms with Gasteiger partial charge >= 0.3 is 0 Å². The first-order chi connectivity index (χ1) is 17.3. The molecule has 4 rings (SSSR count). The van der Waals surface area contributed by atoms with Crippen LogP contribution in [-0.2, 0) is 24.9 Å². The van der Waals surface area contributed by atoms with Gasteiger partial charge in [0.2, 0.25) is 5.43 Å². The monoisotopic (exact) mass is 506 g/mol. The molecule has 8 heteroatoms. The lowest BCUT2D eigenvalue weighted by atomic mass is 10.0. The number of amides is 1. The van der Waals surface area contributed by atoms with E-state index in [2.05, 4.69) is 28.1 Å². The quantitative estimate of drug-likeness (QED) is 0.521. The van der Waals surface area contributed by atoms with Gasteiger partial charge in [-0.2, -0.15) is 0 Å². The van der Waals surface area contributed by atoms with Gasteiger partial charge in [0.1, 0.15) is 5.56 Å². The number of morpholine rings is 1. The second-order valence-corrected chi connectivity index (χ2v) is 9.70. The van der Waals surface area contributed by atoms with Gasteiger partial charge in [0, 0.05) is 55.4 Å². The smallest absolute Gasteiger partial charge is 0.257 e. The van der Waals surface area contributed by atoms with Crippen LogP contribution in [0.3, 0.4) is 0 Å². The van der Waals surface area contributed by atoms with E-state index in [1.807, 2.05) is 48.8 Å². The summed E-state index contributed by atoms with van der Waals surface area (Å²) < 4.78 is 7.30. The van der Waals surface area contributed by atoms with Gasteiger partial charge in [0.25, 0.3) is 5.91 Å². The summed E-state index contributed by atoms with van der Waals surface area (Å²) in [5.41, 5.74) is 3.22. The molecule has 1 saturated heterocycles. The maximum atomic E-state index is 13.6. The number of nitrogens with zero attached hydrogens (tertiary/aromatic N) is 3. The van der Waals surface area contributed by atoms with Gasteiger partial charge in [-0.05, 0) is 49.5 Å². The van der Waals surface area contributed by atoms with E-state index in [9.17, 15) is 9.59 Å². The SMILES string of the molecule is CN(C)CC#Cc1cc(CN2CCOCC2)cc2c(=O)c(C(=O)NCc3ccc(Cl)cc3)cn(C)c12. The van der Waals surface area contributed by atoms with Crippen molar-refractivity contribution >= 4 is 28.4 Å². The number of halogens is 1. The van der Waals surface area contributed by atoms with Crippen molar-refractivity contribution in [1.29, 1.82) is 0 Å². The van der Waals surface area contributed by atoms with E-state index in [0.29, 0.717) is 43.3 Å². The van der Waals surface area contributed by atoms with E-state index in [-0.39, 0.29) is 11.0 Å². The molecule has 1 aromatic heterocycles. The minimum absolute atomic E-state index is 0.106. The molecule has 1 aliphatic heterocycles. The van der Waals surface area contributed by atoms with Crippen LogP contribution in [0.1, 0.15) is 27.0 Å². The number of aryl methyl sites for hydroxylation is 1. The molecule has 0 aliphatic carbocycles. The van der Waals surface area contributed by atoms with E-state index in [4.69, 9.17) is 16.3 Å². The highest BCUT2D eigenvalue weighted by Gasteiger charge is 2.18. The molecular weight excluding hydrogens is 476 g/mol. The molecule has 0 radical (unpaired) electrons. The van der Waals surface area contributed by atoms with Crippen LogP contribution in [0.15, 0.2) is 47.4 Å². The number of rotatable bonds is 6. The van der Waals surface area contributed by atoms with Gasteiger partial charge in [-0.3, -0.25) is 19.4 Å². The molecule has 188 valence electrons. The van der Waals surface area contributed by atoms with Crippen LogP contribution in [-0.4, -0.2) is 67.2 Å². The molecule has 0 saturated carbocycles. The van der Waals surface area contributed by atoms with Crippen molar-refractivity contribution in [3.63, 3.8) is 0 Å². The Morgan fingerprint density at radius 3 is 2.56 bits per heavy atom. The highest BCUT2D eigenvalue weighted by molar-refractivity contribution is 6.30. The molecule has 7 nitrogen and oxygen atoms in total. The minimum atomic E-state index is -0.411. The summed E-state index contributed by atoms with van der Waals surface area (Å²) in [5, 5.41) is 3.99. The minimum Gasteiger partial charge on any atom is -0.379 e. The van der Waals surface area contributed by atoms with Crippen LogP contribution < -0.4 is 10.7 Å². The van der Waals surface area contributed by atoms with Gasteiger partial charge in [0.05, 0.1) is 25.3 Å². The van der Waals surface area contributed by atoms with Crippen molar-refractivity contribution in [2.24, 2.45) is 7.05 Å². The molecule has 0 bridgehead atoms. The van der Waals surface area contributed by atoms with Crippen molar-refractivity contribution in [3.8, 4) is 11.8 Å². The van der Waals surface area contributed by atoms with Crippen LogP contribution in [0.2, 0.25) is 5.02 Å². The van der Waals surface area contributed by atoms with Gasteiger partial charge < -0.3 is 14.6 Å².